The van der Waals surface area contributed by atoms with Crippen LogP contribution in [0.3, 0.4) is 0 Å². The molecule has 148 valence electrons. The van der Waals surface area contributed by atoms with Crippen molar-refractivity contribution in [2.75, 3.05) is 20.8 Å². The van der Waals surface area contributed by atoms with Gasteiger partial charge < -0.3 is 18.8 Å². The van der Waals surface area contributed by atoms with Crippen molar-refractivity contribution in [2.45, 2.75) is 6.54 Å². The van der Waals surface area contributed by atoms with Gasteiger partial charge in [0.2, 0.25) is 0 Å². The smallest absolute Gasteiger partial charge is 0.342 e. The van der Waals surface area contributed by atoms with Crippen LogP contribution in [-0.4, -0.2) is 45.5 Å². The molecule has 0 atom stereocenters. The van der Waals surface area contributed by atoms with Crippen LogP contribution in [-0.2, 0) is 25.4 Å². The summed E-state index contributed by atoms with van der Waals surface area (Å²) in [7, 11) is 5.89. The number of ether oxygens (including phenoxy) is 3. The minimum atomic E-state index is -0.583. The Bertz CT molecular complexity index is 1160. The van der Waals surface area contributed by atoms with Gasteiger partial charge in [-0.1, -0.05) is 0 Å². The van der Waals surface area contributed by atoms with Crippen LogP contribution in [0.15, 0.2) is 34.1 Å². The molecule has 1 aromatic carbocycles. The van der Waals surface area contributed by atoms with Crippen molar-refractivity contribution in [1.29, 1.82) is 0 Å². The number of hydrogen-bond acceptors (Lipinski definition) is 7. The van der Waals surface area contributed by atoms with E-state index in [-0.39, 0.29) is 29.9 Å². The van der Waals surface area contributed by atoms with Gasteiger partial charge in [0, 0.05) is 14.1 Å². The van der Waals surface area contributed by atoms with E-state index in [1.165, 1.54) is 45.3 Å². The highest BCUT2D eigenvalue weighted by molar-refractivity contribution is 5.93. The summed E-state index contributed by atoms with van der Waals surface area (Å²) in [6.45, 7) is 0.193. The molecule has 10 nitrogen and oxygen atoms in total. The molecule has 0 aliphatic rings. The summed E-state index contributed by atoms with van der Waals surface area (Å²) in [6, 6.07) is 4.82. The van der Waals surface area contributed by atoms with E-state index in [0.29, 0.717) is 11.5 Å². The van der Waals surface area contributed by atoms with Gasteiger partial charge in [-0.05, 0) is 18.2 Å². The SMILES string of the molecule is COc1ccc(OC)c(C(=O)OCCn2cnc3c2c(=O)n(C)c(=O)n3C)c1. The summed E-state index contributed by atoms with van der Waals surface area (Å²) in [5.41, 5.74) is -0.153. The van der Waals surface area contributed by atoms with Gasteiger partial charge in [-0.2, -0.15) is 0 Å². The van der Waals surface area contributed by atoms with Crippen molar-refractivity contribution in [3.8, 4) is 11.5 Å². The van der Waals surface area contributed by atoms with Crippen LogP contribution in [0, 0.1) is 0 Å². The second-order valence-electron chi connectivity index (χ2n) is 6.02. The summed E-state index contributed by atoms with van der Waals surface area (Å²) in [4.78, 5) is 40.9. The van der Waals surface area contributed by atoms with Gasteiger partial charge in [0.05, 0.1) is 27.1 Å². The van der Waals surface area contributed by atoms with Crippen LogP contribution in [0.4, 0.5) is 0 Å². The highest BCUT2D eigenvalue weighted by Crippen LogP contribution is 2.24. The maximum absolute atomic E-state index is 12.4. The number of aryl methyl sites for hydroxylation is 1. The molecule has 0 amide bonds. The molecule has 0 spiro atoms. The minimum absolute atomic E-state index is 0.00332. The predicted octanol–water partition coefficient (Wildman–Crippen LogP) is 0.308. The molecule has 0 aliphatic carbocycles. The van der Waals surface area contributed by atoms with E-state index < -0.39 is 17.2 Å². The van der Waals surface area contributed by atoms with Gasteiger partial charge in [-0.15, -0.1) is 0 Å². The number of benzene rings is 1. The molecule has 0 saturated carbocycles. The van der Waals surface area contributed by atoms with E-state index in [4.69, 9.17) is 14.2 Å². The monoisotopic (exact) mass is 388 g/mol. The van der Waals surface area contributed by atoms with Gasteiger partial charge >= 0.3 is 11.7 Å². The number of fused-ring (bicyclic) bond motifs is 1. The van der Waals surface area contributed by atoms with E-state index in [2.05, 4.69) is 4.98 Å². The van der Waals surface area contributed by atoms with E-state index in [0.717, 1.165) is 4.57 Å². The summed E-state index contributed by atoms with van der Waals surface area (Å²) in [6.07, 6.45) is 1.44. The van der Waals surface area contributed by atoms with Crippen LogP contribution in [0.5, 0.6) is 11.5 Å². The fourth-order valence-electron chi connectivity index (χ4n) is 2.85. The molecule has 0 bridgehead atoms. The number of aromatic nitrogens is 4. The average Bonchev–Trinajstić information content (AvgIpc) is 3.14. The first-order chi connectivity index (χ1) is 13.4. The van der Waals surface area contributed by atoms with Gasteiger partial charge in [0.25, 0.3) is 5.56 Å². The number of rotatable bonds is 6. The molecule has 2 aromatic heterocycles. The summed E-state index contributed by atoms with van der Waals surface area (Å²) >= 11 is 0. The lowest BCUT2D eigenvalue weighted by molar-refractivity contribution is 0.0488. The lowest BCUT2D eigenvalue weighted by Crippen LogP contribution is -2.37. The summed E-state index contributed by atoms with van der Waals surface area (Å²) in [5, 5.41) is 0. The molecule has 0 saturated heterocycles. The lowest BCUT2D eigenvalue weighted by atomic mass is 10.2. The Morgan fingerprint density at radius 2 is 1.86 bits per heavy atom. The van der Waals surface area contributed by atoms with Crippen molar-refractivity contribution in [1.82, 2.24) is 18.7 Å². The number of esters is 1. The van der Waals surface area contributed by atoms with Crippen LogP contribution in [0.25, 0.3) is 11.2 Å². The van der Waals surface area contributed by atoms with Crippen molar-refractivity contribution < 1.29 is 19.0 Å². The number of hydrogen-bond donors (Lipinski definition) is 0. The van der Waals surface area contributed by atoms with E-state index in [9.17, 15) is 14.4 Å². The van der Waals surface area contributed by atoms with Crippen LogP contribution in [0.1, 0.15) is 10.4 Å². The first kappa shape index (κ1) is 19.2. The zero-order valence-electron chi connectivity index (χ0n) is 16.0. The van der Waals surface area contributed by atoms with Crippen LogP contribution in [0.2, 0.25) is 0 Å². The highest BCUT2D eigenvalue weighted by atomic mass is 16.5. The van der Waals surface area contributed by atoms with Gasteiger partial charge in [-0.3, -0.25) is 13.9 Å². The molecule has 2 heterocycles. The summed E-state index contributed by atoms with van der Waals surface area (Å²) < 4.78 is 19.5. The number of methoxy groups -OCH3 is 2. The Balaban J connectivity index is 1.80. The van der Waals surface area contributed by atoms with Gasteiger partial charge in [0.1, 0.15) is 23.7 Å². The zero-order valence-corrected chi connectivity index (χ0v) is 16.0. The second kappa shape index (κ2) is 7.59. The topological polar surface area (TPSA) is 107 Å². The standard InChI is InChI=1S/C18H20N4O6/c1-20-15-14(16(23)21(2)18(20)25)22(10-19-15)7-8-28-17(24)12-9-11(26-3)5-6-13(12)27-4/h5-6,9-10H,7-8H2,1-4H3. The third kappa shape index (κ3) is 3.24. The Morgan fingerprint density at radius 3 is 2.54 bits per heavy atom. The van der Waals surface area contributed by atoms with Gasteiger partial charge in [0.15, 0.2) is 11.2 Å². The molecule has 0 N–H and O–H groups in total. The third-order valence-corrected chi connectivity index (χ3v) is 4.41. The second-order valence-corrected chi connectivity index (χ2v) is 6.02. The molecule has 0 aliphatic heterocycles. The number of carbonyl (C=O) groups excluding carboxylic acids is 1. The van der Waals surface area contributed by atoms with Crippen LogP contribution >= 0.6 is 0 Å². The molecule has 0 unspecified atom stereocenters. The zero-order chi connectivity index (χ0) is 20.4. The maximum atomic E-state index is 12.4. The Hall–Kier alpha value is -3.56. The van der Waals surface area contributed by atoms with Crippen molar-refractivity contribution in [3.63, 3.8) is 0 Å². The molecule has 0 radical (unpaired) electrons. The van der Waals surface area contributed by atoms with E-state index in [1.54, 1.807) is 16.7 Å². The number of nitrogens with zero attached hydrogens (tertiary/aromatic N) is 4. The molecule has 0 fully saturated rings. The summed E-state index contributed by atoms with van der Waals surface area (Å²) in [5.74, 6) is 0.279. The normalized spacial score (nSPS) is 10.9. The quantitative estimate of drug-likeness (QED) is 0.559. The van der Waals surface area contributed by atoms with E-state index in [1.807, 2.05) is 0 Å². The first-order valence-corrected chi connectivity index (χ1v) is 8.39. The molecule has 3 rings (SSSR count). The Labute approximate surface area is 159 Å². The number of carbonyl (C=O) groups is 1. The van der Waals surface area contributed by atoms with Crippen molar-refractivity contribution in [2.24, 2.45) is 14.1 Å². The molecule has 3 aromatic rings. The van der Waals surface area contributed by atoms with Crippen LogP contribution < -0.4 is 20.7 Å². The predicted molar refractivity (Wildman–Crippen MR) is 100 cm³/mol. The molecule has 28 heavy (non-hydrogen) atoms. The Morgan fingerprint density at radius 1 is 1.11 bits per heavy atom. The third-order valence-electron chi connectivity index (χ3n) is 4.41. The Kier molecular flexibility index (Phi) is 5.21. The largest absolute Gasteiger partial charge is 0.497 e. The van der Waals surface area contributed by atoms with Gasteiger partial charge in [-0.25, -0.2) is 14.6 Å². The first-order valence-electron chi connectivity index (χ1n) is 8.39. The fraction of sp³-hybridized carbons (Fsp3) is 0.333. The van der Waals surface area contributed by atoms with E-state index >= 15 is 0 Å². The molecular weight excluding hydrogens is 368 g/mol. The minimum Gasteiger partial charge on any atom is -0.497 e. The number of imidazole rings is 1. The fourth-order valence-corrected chi connectivity index (χ4v) is 2.85. The van der Waals surface area contributed by atoms with Crippen molar-refractivity contribution in [3.05, 3.63) is 50.9 Å². The molecule has 10 heteroatoms. The maximum Gasteiger partial charge on any atom is 0.342 e. The lowest BCUT2D eigenvalue weighted by Gasteiger charge is -2.11. The highest BCUT2D eigenvalue weighted by Gasteiger charge is 2.17. The molecular formula is C18H20N4O6. The van der Waals surface area contributed by atoms with Crippen molar-refractivity contribution >= 4 is 17.1 Å². The average molecular weight is 388 g/mol.